The fourth-order valence-electron chi connectivity index (χ4n) is 5.33. The van der Waals surface area contributed by atoms with Gasteiger partial charge in [-0.05, 0) is 63.8 Å². The van der Waals surface area contributed by atoms with Crippen molar-refractivity contribution in [2.45, 2.75) is 71.4 Å². The van der Waals surface area contributed by atoms with Crippen molar-refractivity contribution in [1.82, 2.24) is 10.2 Å². The van der Waals surface area contributed by atoms with E-state index < -0.39 is 28.8 Å². The summed E-state index contributed by atoms with van der Waals surface area (Å²) < 4.78 is 0. The van der Waals surface area contributed by atoms with Gasteiger partial charge >= 0.3 is 6.03 Å². The molecule has 2 atom stereocenters. The number of barbiturate groups is 1. The minimum absolute atomic E-state index is 0.186. The van der Waals surface area contributed by atoms with Gasteiger partial charge in [-0.1, -0.05) is 12.8 Å². The third kappa shape index (κ3) is 3.38. The minimum atomic E-state index is -1.38. The van der Waals surface area contributed by atoms with Gasteiger partial charge in [0.1, 0.15) is 0 Å². The minimum Gasteiger partial charge on any atom is -0.367 e. The normalized spacial score (nSPS) is 26.2. The van der Waals surface area contributed by atoms with Gasteiger partial charge in [0.25, 0.3) is 0 Å². The van der Waals surface area contributed by atoms with Crippen molar-refractivity contribution in [3.05, 3.63) is 23.8 Å². The van der Waals surface area contributed by atoms with Crippen LogP contribution in [0.2, 0.25) is 0 Å². The summed E-state index contributed by atoms with van der Waals surface area (Å²) in [4.78, 5) is 55.0. The molecule has 31 heavy (non-hydrogen) atoms. The molecule has 5 amide bonds. The van der Waals surface area contributed by atoms with Gasteiger partial charge < -0.3 is 10.2 Å². The Labute approximate surface area is 182 Å². The summed E-state index contributed by atoms with van der Waals surface area (Å²) in [5, 5.41) is 5.27. The Morgan fingerprint density at radius 1 is 1.16 bits per heavy atom. The van der Waals surface area contributed by atoms with Crippen LogP contribution in [0.5, 0.6) is 0 Å². The summed E-state index contributed by atoms with van der Waals surface area (Å²) in [6.45, 7) is 7.57. The fraction of sp³-hybridized carbons (Fsp3) is 0.565. The van der Waals surface area contributed by atoms with Crippen molar-refractivity contribution in [1.29, 1.82) is 0 Å². The molecule has 0 saturated carbocycles. The maximum Gasteiger partial charge on any atom is 0.331 e. The molecule has 2 unspecified atom stereocenters. The van der Waals surface area contributed by atoms with E-state index in [1.807, 2.05) is 18.2 Å². The Kier molecular flexibility index (Phi) is 5.06. The van der Waals surface area contributed by atoms with E-state index in [2.05, 4.69) is 15.5 Å². The molecule has 1 aromatic carbocycles. The van der Waals surface area contributed by atoms with Crippen LogP contribution < -0.4 is 15.5 Å². The van der Waals surface area contributed by atoms with Crippen molar-refractivity contribution in [2.75, 3.05) is 16.8 Å². The number of hydrogen-bond donors (Lipinski definition) is 2. The highest BCUT2D eigenvalue weighted by molar-refractivity contribution is 6.20. The zero-order valence-electron chi connectivity index (χ0n) is 18.6. The smallest absolute Gasteiger partial charge is 0.331 e. The summed E-state index contributed by atoms with van der Waals surface area (Å²) in [6.07, 6.45) is 3.82. The van der Waals surface area contributed by atoms with Gasteiger partial charge in [-0.25, -0.2) is 4.79 Å². The van der Waals surface area contributed by atoms with Gasteiger partial charge in [0, 0.05) is 30.4 Å². The van der Waals surface area contributed by atoms with E-state index in [9.17, 15) is 19.2 Å². The second-order valence-electron chi connectivity index (χ2n) is 9.80. The van der Waals surface area contributed by atoms with Gasteiger partial charge in [0.2, 0.25) is 17.7 Å². The van der Waals surface area contributed by atoms with Crippen LogP contribution in [-0.4, -0.2) is 46.8 Å². The van der Waals surface area contributed by atoms with Crippen molar-refractivity contribution >= 4 is 35.1 Å². The second-order valence-corrected chi connectivity index (χ2v) is 9.80. The predicted octanol–water partition coefficient (Wildman–Crippen LogP) is 2.81. The number of amides is 5. The molecule has 3 aliphatic rings. The first-order chi connectivity index (χ1) is 14.6. The lowest BCUT2D eigenvalue weighted by molar-refractivity contribution is -0.157. The number of carbonyl (C=O) groups is 4. The Morgan fingerprint density at radius 2 is 1.90 bits per heavy atom. The average molecular weight is 427 g/mol. The Morgan fingerprint density at radius 3 is 2.58 bits per heavy atom. The summed E-state index contributed by atoms with van der Waals surface area (Å²) in [5.41, 5.74) is 0.306. The van der Waals surface area contributed by atoms with Crippen molar-refractivity contribution in [3.8, 4) is 0 Å². The molecule has 2 fully saturated rings. The molecule has 2 saturated heterocycles. The maximum atomic E-state index is 14.0. The Bertz CT molecular complexity index is 967. The van der Waals surface area contributed by atoms with Gasteiger partial charge in [-0.15, -0.1) is 0 Å². The number of hydrogen-bond acceptors (Lipinski definition) is 5. The number of nitrogens with one attached hydrogen (secondary N) is 2. The lowest BCUT2D eigenvalue weighted by atomic mass is 9.67. The highest BCUT2D eigenvalue weighted by Gasteiger charge is 2.63. The molecular weight excluding hydrogens is 396 g/mol. The number of fused-ring (bicyclic) bond motifs is 4. The SMILES string of the molecule is CC(=O)Nc1ccc2c(c1)CC1(C(=O)NC(=O)N(C(C)(C)C)C1=O)C1CCCCCN21. The van der Waals surface area contributed by atoms with Crippen LogP contribution in [0.25, 0.3) is 0 Å². The molecule has 1 spiro atoms. The van der Waals surface area contributed by atoms with Crippen molar-refractivity contribution in [2.24, 2.45) is 5.41 Å². The number of urea groups is 1. The lowest BCUT2D eigenvalue weighted by Gasteiger charge is -2.53. The molecule has 8 heteroatoms. The summed E-state index contributed by atoms with van der Waals surface area (Å²) in [7, 11) is 0. The Hall–Kier alpha value is -2.90. The fourth-order valence-corrected chi connectivity index (χ4v) is 5.33. The topological polar surface area (TPSA) is 98.8 Å². The second kappa shape index (κ2) is 7.35. The summed E-state index contributed by atoms with van der Waals surface area (Å²) in [5.74, 6) is -1.13. The molecule has 1 aromatic rings. The number of anilines is 2. The molecule has 8 nitrogen and oxygen atoms in total. The zero-order valence-corrected chi connectivity index (χ0v) is 18.6. The highest BCUT2D eigenvalue weighted by atomic mass is 16.2. The first kappa shape index (κ1) is 21.3. The Balaban J connectivity index is 1.88. The third-order valence-corrected chi connectivity index (χ3v) is 6.58. The number of carbonyl (C=O) groups excluding carboxylic acids is 4. The summed E-state index contributed by atoms with van der Waals surface area (Å²) >= 11 is 0. The monoisotopic (exact) mass is 426 g/mol. The van der Waals surface area contributed by atoms with Crippen molar-refractivity contribution in [3.63, 3.8) is 0 Å². The molecule has 0 aromatic heterocycles. The molecule has 3 aliphatic heterocycles. The quantitative estimate of drug-likeness (QED) is 0.673. The zero-order chi connectivity index (χ0) is 22.6. The predicted molar refractivity (Wildman–Crippen MR) is 117 cm³/mol. The first-order valence-electron chi connectivity index (χ1n) is 10.9. The highest BCUT2D eigenvalue weighted by Crippen LogP contribution is 2.48. The maximum absolute atomic E-state index is 14.0. The third-order valence-electron chi connectivity index (χ3n) is 6.58. The standard InChI is InChI=1S/C23H30N4O4/c1-14(28)24-16-9-10-17-15(12-16)13-23(18-8-6-5-7-11-26(17)18)19(29)25-21(31)27(20(23)30)22(2,3)4/h9-10,12,18H,5-8,11,13H2,1-4H3,(H,24,28)(H,25,29,31). The molecule has 2 N–H and O–H groups in total. The van der Waals surface area contributed by atoms with Crippen LogP contribution >= 0.6 is 0 Å². The molecule has 0 bridgehead atoms. The largest absolute Gasteiger partial charge is 0.367 e. The molecule has 166 valence electrons. The summed E-state index contributed by atoms with van der Waals surface area (Å²) in [6, 6.07) is 4.68. The lowest BCUT2D eigenvalue weighted by Crippen LogP contribution is -2.74. The van der Waals surface area contributed by atoms with E-state index >= 15 is 0 Å². The van der Waals surface area contributed by atoms with Gasteiger partial charge in [-0.2, -0.15) is 0 Å². The van der Waals surface area contributed by atoms with Crippen LogP contribution in [0.1, 0.15) is 58.9 Å². The van der Waals surface area contributed by atoms with E-state index in [4.69, 9.17) is 0 Å². The van der Waals surface area contributed by atoms with E-state index in [1.54, 1.807) is 20.8 Å². The molecular formula is C23H30N4O4. The first-order valence-corrected chi connectivity index (χ1v) is 10.9. The number of rotatable bonds is 1. The average Bonchev–Trinajstić information content (AvgIpc) is 2.90. The van der Waals surface area contributed by atoms with E-state index in [1.165, 1.54) is 11.8 Å². The van der Waals surface area contributed by atoms with E-state index in [0.717, 1.165) is 37.1 Å². The van der Waals surface area contributed by atoms with Crippen LogP contribution in [-0.2, 0) is 20.8 Å². The van der Waals surface area contributed by atoms with E-state index in [-0.39, 0.29) is 18.4 Å². The van der Waals surface area contributed by atoms with Crippen molar-refractivity contribution < 1.29 is 19.2 Å². The van der Waals surface area contributed by atoms with Gasteiger partial charge in [0.15, 0.2) is 5.41 Å². The molecule has 0 radical (unpaired) electrons. The van der Waals surface area contributed by atoms with E-state index in [0.29, 0.717) is 12.1 Å². The van der Waals surface area contributed by atoms with Gasteiger partial charge in [0.05, 0.1) is 6.04 Å². The number of nitrogens with zero attached hydrogens (tertiary/aromatic N) is 2. The number of imide groups is 2. The van der Waals surface area contributed by atoms with Crippen LogP contribution in [0.3, 0.4) is 0 Å². The molecule has 3 heterocycles. The van der Waals surface area contributed by atoms with Crippen LogP contribution in [0.4, 0.5) is 16.2 Å². The number of benzene rings is 1. The van der Waals surface area contributed by atoms with Crippen LogP contribution in [0.15, 0.2) is 18.2 Å². The van der Waals surface area contributed by atoms with Gasteiger partial charge in [-0.3, -0.25) is 24.6 Å². The molecule has 0 aliphatic carbocycles. The molecule has 4 rings (SSSR count). The van der Waals surface area contributed by atoms with Crippen LogP contribution in [0, 0.1) is 5.41 Å².